The van der Waals surface area contributed by atoms with Crippen LogP contribution in [0.5, 0.6) is 0 Å². The first-order valence-corrected chi connectivity index (χ1v) is 18.2. The second-order valence-electron chi connectivity index (χ2n) is 14.9. The van der Waals surface area contributed by atoms with Crippen LogP contribution >= 0.6 is 0 Å². The average molecular weight is 834 g/mol. The van der Waals surface area contributed by atoms with E-state index in [1.54, 1.807) is 10.8 Å². The molecule has 0 bridgehead atoms. The minimum Gasteiger partial charge on any atom is -0.475 e. The van der Waals surface area contributed by atoms with Crippen molar-refractivity contribution in [2.45, 2.75) is 70.4 Å². The molecule has 0 radical (unpaired) electrons. The Morgan fingerprint density at radius 2 is 1.61 bits per heavy atom. The van der Waals surface area contributed by atoms with Crippen molar-refractivity contribution in [2.75, 3.05) is 26.2 Å². The van der Waals surface area contributed by atoms with Crippen molar-refractivity contribution < 1.29 is 60.9 Å². The number of carboxylic acids is 1. The topological polar surface area (TPSA) is 217 Å². The van der Waals surface area contributed by atoms with Crippen molar-refractivity contribution in [3.05, 3.63) is 89.9 Å². The molecule has 1 aromatic heterocycles. The van der Waals surface area contributed by atoms with Crippen molar-refractivity contribution in [1.82, 2.24) is 30.0 Å². The lowest BCUT2D eigenvalue weighted by molar-refractivity contribution is -0.192. The van der Waals surface area contributed by atoms with E-state index in [1.807, 2.05) is 51.1 Å². The first-order chi connectivity index (χ1) is 27.6. The summed E-state index contributed by atoms with van der Waals surface area (Å²) >= 11 is 0. The molecule has 1 aliphatic carbocycles. The number of rotatable bonds is 15. The van der Waals surface area contributed by atoms with E-state index in [9.17, 15) is 51.0 Å². The van der Waals surface area contributed by atoms with Gasteiger partial charge in [0.1, 0.15) is 29.6 Å². The number of hydrogen-bond acceptors (Lipinski definition) is 9. The summed E-state index contributed by atoms with van der Waals surface area (Å²) in [5.41, 5.74) is 5.36. The van der Waals surface area contributed by atoms with E-state index < -0.39 is 83.0 Å². The maximum Gasteiger partial charge on any atom is 0.490 e. The van der Waals surface area contributed by atoms with E-state index in [1.165, 1.54) is 4.90 Å². The van der Waals surface area contributed by atoms with Gasteiger partial charge in [0.05, 0.1) is 17.8 Å². The lowest BCUT2D eigenvalue weighted by Gasteiger charge is -2.40. The zero-order valence-corrected chi connectivity index (χ0v) is 32.3. The Labute approximate surface area is 335 Å². The quantitative estimate of drug-likeness (QED) is 0.111. The molecule has 1 aliphatic heterocycles. The number of halogens is 5. The number of amides is 5. The summed E-state index contributed by atoms with van der Waals surface area (Å²) in [6.07, 6.45) is -0.523. The third-order valence-corrected chi connectivity index (χ3v) is 9.37. The monoisotopic (exact) mass is 833 g/mol. The number of carboxylic acid groups (broad SMARTS) is 1. The van der Waals surface area contributed by atoms with Crippen LogP contribution in [0.3, 0.4) is 0 Å². The number of aliphatic hydroxyl groups is 1. The Balaban J connectivity index is 0.00000101. The SMILES string of the molecule is CC(C)(C)[C@H](c1nc(-c2cc(F)ccc2F)cn1Cc1ccccc1)N(CC[C@H](N)C(=O)NC1(C(=O)NCCN2C(=O)C=CC2=O)CC1)C(=O)CO.O=C(O)C(F)(F)F. The molecule has 2 atom stereocenters. The summed E-state index contributed by atoms with van der Waals surface area (Å²) in [6, 6.07) is 10.5. The Bertz CT molecular complexity index is 2060. The fraction of sp³-hybridized carbons (Fsp3) is 0.410. The fourth-order valence-corrected chi connectivity index (χ4v) is 6.24. The molecule has 2 aliphatic rings. The van der Waals surface area contributed by atoms with Crippen molar-refractivity contribution in [1.29, 1.82) is 0 Å². The number of alkyl halides is 3. The van der Waals surface area contributed by atoms with E-state index in [4.69, 9.17) is 20.6 Å². The van der Waals surface area contributed by atoms with Crippen LogP contribution in [0.2, 0.25) is 0 Å². The summed E-state index contributed by atoms with van der Waals surface area (Å²) in [5, 5.41) is 22.6. The van der Waals surface area contributed by atoms with Gasteiger partial charge in [-0.05, 0) is 48.4 Å². The third-order valence-electron chi connectivity index (χ3n) is 9.37. The Morgan fingerprint density at radius 1 is 1.00 bits per heavy atom. The highest BCUT2D eigenvalue weighted by Crippen LogP contribution is 2.40. The second-order valence-corrected chi connectivity index (χ2v) is 14.9. The summed E-state index contributed by atoms with van der Waals surface area (Å²) in [5.74, 6) is -6.44. The summed E-state index contributed by atoms with van der Waals surface area (Å²) in [6.45, 7) is 4.92. The van der Waals surface area contributed by atoms with Gasteiger partial charge in [-0.25, -0.2) is 18.6 Å². The van der Waals surface area contributed by atoms with E-state index in [0.717, 1.165) is 40.8 Å². The van der Waals surface area contributed by atoms with Crippen molar-refractivity contribution in [3.8, 4) is 11.3 Å². The normalized spacial score (nSPS) is 15.5. The van der Waals surface area contributed by atoms with Crippen LogP contribution in [0.15, 0.2) is 66.9 Å². The number of nitrogens with one attached hydrogen (secondary N) is 2. The highest BCUT2D eigenvalue weighted by molar-refractivity contribution is 6.12. The van der Waals surface area contributed by atoms with Gasteiger partial charge in [0.25, 0.3) is 11.8 Å². The summed E-state index contributed by atoms with van der Waals surface area (Å²) in [7, 11) is 0. The number of nitrogens with zero attached hydrogens (tertiary/aromatic N) is 4. The van der Waals surface area contributed by atoms with Crippen molar-refractivity contribution in [3.63, 3.8) is 0 Å². The number of aliphatic carboxylic acids is 1. The Morgan fingerprint density at radius 3 is 2.15 bits per heavy atom. The van der Waals surface area contributed by atoms with E-state index in [0.29, 0.717) is 18.7 Å². The third kappa shape index (κ3) is 11.8. The van der Waals surface area contributed by atoms with Gasteiger partial charge in [-0.3, -0.25) is 28.9 Å². The first kappa shape index (κ1) is 45.7. The largest absolute Gasteiger partial charge is 0.490 e. The molecular weight excluding hydrogens is 789 g/mol. The van der Waals surface area contributed by atoms with Gasteiger partial charge in [-0.1, -0.05) is 51.1 Å². The number of hydrogen-bond donors (Lipinski definition) is 5. The molecule has 1 fully saturated rings. The molecule has 318 valence electrons. The fourth-order valence-electron chi connectivity index (χ4n) is 6.24. The van der Waals surface area contributed by atoms with Gasteiger partial charge in [-0.2, -0.15) is 13.2 Å². The van der Waals surface area contributed by atoms with Crippen LogP contribution in [0.1, 0.15) is 57.5 Å². The van der Waals surface area contributed by atoms with Crippen LogP contribution < -0.4 is 16.4 Å². The molecule has 2 heterocycles. The smallest absolute Gasteiger partial charge is 0.475 e. The number of benzene rings is 2. The standard InChI is InChI=1S/C37H43F2N7O6.C2HF3O2/c1-36(2,3)32(33-42-28(25-19-24(38)9-10-26(25)39)21-44(33)20-23-7-5-4-6-8-23)46(31(50)22-47)17-13-27(40)34(51)43-37(14-15-37)35(52)41-16-18-45-29(48)11-12-30(45)49;3-2(4,5)1(6)7/h4-12,19,21,27,32,47H,13-18,20,22,40H2,1-3H3,(H,41,52)(H,43,51);(H,6,7)/t27-,32-;/m0./s1. The van der Waals surface area contributed by atoms with Crippen molar-refractivity contribution in [2.24, 2.45) is 11.1 Å². The van der Waals surface area contributed by atoms with Crippen LogP contribution in [0, 0.1) is 17.0 Å². The predicted molar refractivity (Wildman–Crippen MR) is 199 cm³/mol. The van der Waals surface area contributed by atoms with Gasteiger partial charge in [0.15, 0.2) is 0 Å². The molecule has 0 unspecified atom stereocenters. The number of imidazole rings is 1. The van der Waals surface area contributed by atoms with E-state index in [-0.39, 0.29) is 43.9 Å². The van der Waals surface area contributed by atoms with Crippen LogP contribution in [0.25, 0.3) is 11.3 Å². The Hall–Kier alpha value is -6.02. The molecule has 15 nitrogen and oxygen atoms in total. The molecule has 3 aromatic rings. The maximum absolute atomic E-state index is 15.0. The molecule has 0 spiro atoms. The van der Waals surface area contributed by atoms with Gasteiger partial charge in [0.2, 0.25) is 17.7 Å². The van der Waals surface area contributed by atoms with E-state index in [2.05, 4.69) is 10.6 Å². The van der Waals surface area contributed by atoms with Gasteiger partial charge < -0.3 is 36.0 Å². The molecule has 5 rings (SSSR count). The van der Waals surface area contributed by atoms with Gasteiger partial charge >= 0.3 is 12.1 Å². The second kappa shape index (κ2) is 18.7. The highest BCUT2D eigenvalue weighted by atomic mass is 19.4. The van der Waals surface area contributed by atoms with Crippen molar-refractivity contribution >= 4 is 35.5 Å². The molecule has 5 amide bonds. The maximum atomic E-state index is 15.0. The van der Waals surface area contributed by atoms with E-state index >= 15 is 0 Å². The summed E-state index contributed by atoms with van der Waals surface area (Å²) in [4.78, 5) is 79.3. The van der Waals surface area contributed by atoms with Crippen LogP contribution in [-0.4, -0.2) is 109 Å². The molecular formula is C39H44F5N7O8. The molecule has 0 saturated heterocycles. The first-order valence-electron chi connectivity index (χ1n) is 18.2. The number of imide groups is 1. The minimum absolute atomic E-state index is 0.00168. The predicted octanol–water partition coefficient (Wildman–Crippen LogP) is 2.83. The lowest BCUT2D eigenvalue weighted by Crippen LogP contribution is -2.55. The number of carbonyl (C=O) groups excluding carboxylic acids is 5. The van der Waals surface area contributed by atoms with Crippen LogP contribution in [-0.2, 0) is 35.3 Å². The zero-order valence-electron chi connectivity index (χ0n) is 32.3. The minimum atomic E-state index is -5.08. The molecule has 1 saturated carbocycles. The highest BCUT2D eigenvalue weighted by Gasteiger charge is 2.51. The van der Waals surface area contributed by atoms with Gasteiger partial charge in [0, 0.05) is 50.1 Å². The summed E-state index contributed by atoms with van der Waals surface area (Å²) < 4.78 is 62.8. The number of aliphatic hydroxyl groups excluding tert-OH is 1. The average Bonchev–Trinajstić information content (AvgIpc) is 3.74. The molecule has 59 heavy (non-hydrogen) atoms. The molecule has 2 aromatic carbocycles. The number of aromatic nitrogens is 2. The van der Waals surface area contributed by atoms with Crippen LogP contribution in [0.4, 0.5) is 22.0 Å². The molecule has 20 heteroatoms. The zero-order chi connectivity index (χ0) is 43.9. The lowest BCUT2D eigenvalue weighted by atomic mass is 9.84. The Kier molecular flexibility index (Phi) is 14.5. The number of carbonyl (C=O) groups is 6. The molecule has 6 N–H and O–H groups in total. The van der Waals surface area contributed by atoms with Gasteiger partial charge in [-0.15, -0.1) is 0 Å². The number of nitrogens with two attached hydrogens (primary N) is 1.